The van der Waals surface area contributed by atoms with Gasteiger partial charge in [0.05, 0.1) is 11.4 Å². The summed E-state index contributed by atoms with van der Waals surface area (Å²) in [7, 11) is 0. The molecule has 0 atom stereocenters. The highest BCUT2D eigenvalue weighted by atomic mass is 19.1. The molecule has 1 aromatic heterocycles. The minimum Gasteiger partial charge on any atom is -0.489 e. The van der Waals surface area contributed by atoms with Crippen molar-refractivity contribution in [2.75, 3.05) is 0 Å². The van der Waals surface area contributed by atoms with Gasteiger partial charge < -0.3 is 4.74 Å². The molecule has 4 rings (SSSR count). The Morgan fingerprint density at radius 1 is 1.06 bits per heavy atom. The second kappa shape index (κ2) is 9.61. The topological polar surface area (TPSA) is 94.3 Å². The molecule has 0 aliphatic heterocycles. The molecular weight excluding hydrogens is 411 g/mol. The Bertz CT molecular complexity index is 1220. The van der Waals surface area contributed by atoms with E-state index in [-0.39, 0.29) is 11.7 Å². The molecular formula is C23H19FN6O2. The quantitative estimate of drug-likeness (QED) is 0.358. The average Bonchev–Trinajstić information content (AvgIpc) is 3.37. The maximum atomic E-state index is 13.0. The van der Waals surface area contributed by atoms with E-state index < -0.39 is 0 Å². The number of hydrazone groups is 1. The highest BCUT2D eigenvalue weighted by Crippen LogP contribution is 2.15. The molecule has 1 amide bonds. The first kappa shape index (κ1) is 20.9. The van der Waals surface area contributed by atoms with Crippen LogP contribution in [-0.2, 0) is 6.61 Å². The molecule has 3 aromatic carbocycles. The van der Waals surface area contributed by atoms with Gasteiger partial charge >= 0.3 is 0 Å². The summed E-state index contributed by atoms with van der Waals surface area (Å²) in [4.78, 5) is 12.4. The molecule has 0 fully saturated rings. The van der Waals surface area contributed by atoms with E-state index in [2.05, 4.69) is 26.1 Å². The van der Waals surface area contributed by atoms with Crippen LogP contribution < -0.4 is 10.2 Å². The first-order valence-corrected chi connectivity index (χ1v) is 9.74. The summed E-state index contributed by atoms with van der Waals surface area (Å²) in [5, 5.41) is 15.3. The van der Waals surface area contributed by atoms with E-state index >= 15 is 0 Å². The Labute approximate surface area is 183 Å². The summed E-state index contributed by atoms with van der Waals surface area (Å²) in [6.45, 7) is 2.10. The highest BCUT2D eigenvalue weighted by molar-refractivity contribution is 6.01. The van der Waals surface area contributed by atoms with Crippen molar-refractivity contribution in [3.63, 3.8) is 0 Å². The fraction of sp³-hybridized carbons (Fsp3) is 0.0870. The molecule has 0 unspecified atom stereocenters. The predicted molar refractivity (Wildman–Crippen MR) is 116 cm³/mol. The Kier molecular flexibility index (Phi) is 6.26. The van der Waals surface area contributed by atoms with Crippen molar-refractivity contribution in [3.8, 4) is 11.4 Å². The summed E-state index contributed by atoms with van der Waals surface area (Å²) in [5.74, 6) is -0.0294. The van der Waals surface area contributed by atoms with E-state index in [1.165, 1.54) is 23.1 Å². The lowest BCUT2D eigenvalue weighted by atomic mass is 10.1. The zero-order valence-corrected chi connectivity index (χ0v) is 17.1. The normalized spacial score (nSPS) is 11.2. The number of halogens is 1. The first-order valence-electron chi connectivity index (χ1n) is 9.74. The lowest BCUT2D eigenvalue weighted by molar-refractivity contribution is 0.0955. The molecule has 4 aromatic rings. The Morgan fingerprint density at radius 2 is 1.84 bits per heavy atom. The van der Waals surface area contributed by atoms with Crippen molar-refractivity contribution in [2.24, 2.45) is 5.10 Å². The van der Waals surface area contributed by atoms with Gasteiger partial charge in [0.1, 0.15) is 24.5 Å². The van der Waals surface area contributed by atoms with E-state index in [1.807, 2.05) is 24.3 Å². The third kappa shape index (κ3) is 5.20. The summed E-state index contributed by atoms with van der Waals surface area (Å²) in [5.41, 5.74) is 6.09. The van der Waals surface area contributed by atoms with Crippen LogP contribution in [0.2, 0.25) is 0 Å². The average molecular weight is 430 g/mol. The Balaban J connectivity index is 1.35. The van der Waals surface area contributed by atoms with Crippen LogP contribution in [0, 0.1) is 5.82 Å². The molecule has 0 radical (unpaired) electrons. The number of carbonyl (C=O) groups is 1. The van der Waals surface area contributed by atoms with Crippen molar-refractivity contribution in [1.29, 1.82) is 0 Å². The number of carbonyl (C=O) groups excluding carboxylic acids is 1. The maximum Gasteiger partial charge on any atom is 0.271 e. The van der Waals surface area contributed by atoms with Crippen LogP contribution in [0.3, 0.4) is 0 Å². The SMILES string of the molecule is C/C(=N\NC(=O)c1ccc(OCc2ccc(F)cc2)cc1)c1cccc(-n2cnnn2)c1. The fourth-order valence-electron chi connectivity index (χ4n) is 2.87. The van der Waals surface area contributed by atoms with E-state index in [9.17, 15) is 9.18 Å². The second-order valence-electron chi connectivity index (χ2n) is 6.88. The smallest absolute Gasteiger partial charge is 0.271 e. The van der Waals surface area contributed by atoms with Crippen LogP contribution in [0.25, 0.3) is 5.69 Å². The Hall–Kier alpha value is -4.40. The molecule has 160 valence electrons. The summed E-state index contributed by atoms with van der Waals surface area (Å²) in [6, 6.07) is 20.3. The van der Waals surface area contributed by atoms with Crippen LogP contribution in [0.15, 0.2) is 84.2 Å². The lowest BCUT2D eigenvalue weighted by Crippen LogP contribution is -2.19. The van der Waals surface area contributed by atoms with E-state index in [4.69, 9.17) is 4.74 Å². The zero-order chi connectivity index (χ0) is 22.3. The standard InChI is InChI=1S/C23H19FN6O2/c1-16(19-3-2-4-21(13-19)30-15-25-28-29-30)26-27-23(31)18-7-11-22(12-8-18)32-14-17-5-9-20(24)10-6-17/h2-13,15H,14H2,1H3,(H,27,31)/b26-16+. The molecule has 0 saturated carbocycles. The largest absolute Gasteiger partial charge is 0.489 e. The lowest BCUT2D eigenvalue weighted by Gasteiger charge is -2.08. The van der Waals surface area contributed by atoms with Gasteiger partial charge in [-0.25, -0.2) is 14.5 Å². The van der Waals surface area contributed by atoms with Crippen LogP contribution >= 0.6 is 0 Å². The second-order valence-corrected chi connectivity index (χ2v) is 6.88. The third-order valence-electron chi connectivity index (χ3n) is 4.64. The monoisotopic (exact) mass is 430 g/mol. The van der Waals surface area contributed by atoms with Crippen molar-refractivity contribution in [1.82, 2.24) is 25.6 Å². The van der Waals surface area contributed by atoms with E-state index in [1.54, 1.807) is 43.3 Å². The molecule has 0 spiro atoms. The molecule has 0 saturated heterocycles. The predicted octanol–water partition coefficient (Wildman–Crippen LogP) is 3.53. The number of hydrogen-bond donors (Lipinski definition) is 1. The molecule has 1 N–H and O–H groups in total. The van der Waals surface area contributed by atoms with Gasteiger partial charge in [-0.2, -0.15) is 5.10 Å². The fourth-order valence-corrected chi connectivity index (χ4v) is 2.87. The van der Waals surface area contributed by atoms with Gasteiger partial charge in [-0.15, -0.1) is 5.10 Å². The highest BCUT2D eigenvalue weighted by Gasteiger charge is 2.07. The van der Waals surface area contributed by atoms with Crippen LogP contribution in [0.4, 0.5) is 4.39 Å². The van der Waals surface area contributed by atoms with Crippen molar-refractivity contribution < 1.29 is 13.9 Å². The molecule has 1 heterocycles. The molecule has 9 heteroatoms. The number of tetrazole rings is 1. The molecule has 0 aliphatic rings. The molecule has 8 nitrogen and oxygen atoms in total. The third-order valence-corrected chi connectivity index (χ3v) is 4.64. The minimum absolute atomic E-state index is 0.290. The minimum atomic E-state index is -0.342. The van der Waals surface area contributed by atoms with E-state index in [0.717, 1.165) is 16.8 Å². The van der Waals surface area contributed by atoms with Crippen molar-refractivity contribution >= 4 is 11.6 Å². The van der Waals surface area contributed by atoms with Crippen LogP contribution in [0.5, 0.6) is 5.75 Å². The number of rotatable bonds is 7. The van der Waals surface area contributed by atoms with Gasteiger partial charge in [-0.05, 0) is 77.0 Å². The number of ether oxygens (including phenoxy) is 1. The van der Waals surface area contributed by atoms with Gasteiger partial charge in [-0.1, -0.05) is 24.3 Å². The van der Waals surface area contributed by atoms with Gasteiger partial charge in [-0.3, -0.25) is 4.79 Å². The van der Waals surface area contributed by atoms with Gasteiger partial charge in [0.15, 0.2) is 0 Å². The number of nitrogens with one attached hydrogen (secondary N) is 1. The number of amides is 1. The molecule has 32 heavy (non-hydrogen) atoms. The van der Waals surface area contributed by atoms with Crippen LogP contribution in [0.1, 0.15) is 28.4 Å². The molecule has 0 bridgehead atoms. The summed E-state index contributed by atoms with van der Waals surface area (Å²) >= 11 is 0. The summed E-state index contributed by atoms with van der Waals surface area (Å²) < 4.78 is 20.2. The van der Waals surface area contributed by atoms with Gasteiger partial charge in [0.25, 0.3) is 5.91 Å². The van der Waals surface area contributed by atoms with Gasteiger partial charge in [0.2, 0.25) is 0 Å². The summed E-state index contributed by atoms with van der Waals surface area (Å²) in [6.07, 6.45) is 1.50. The first-order chi connectivity index (χ1) is 15.6. The number of hydrogen-bond acceptors (Lipinski definition) is 6. The number of aromatic nitrogens is 4. The Morgan fingerprint density at radius 3 is 2.56 bits per heavy atom. The zero-order valence-electron chi connectivity index (χ0n) is 17.1. The van der Waals surface area contributed by atoms with E-state index in [0.29, 0.717) is 23.6 Å². The van der Waals surface area contributed by atoms with Crippen LogP contribution in [-0.4, -0.2) is 31.8 Å². The maximum absolute atomic E-state index is 13.0. The van der Waals surface area contributed by atoms with Gasteiger partial charge in [0, 0.05) is 5.56 Å². The van der Waals surface area contributed by atoms with Crippen molar-refractivity contribution in [2.45, 2.75) is 13.5 Å². The number of nitrogens with zero attached hydrogens (tertiary/aromatic N) is 5. The van der Waals surface area contributed by atoms with Crippen molar-refractivity contribution in [3.05, 3.63) is 102 Å². The number of benzene rings is 3. The molecule has 0 aliphatic carbocycles.